The molecule has 1 fully saturated rings. The summed E-state index contributed by atoms with van der Waals surface area (Å²) in [6.07, 6.45) is 0.431. The lowest BCUT2D eigenvalue weighted by Crippen LogP contribution is -2.43. The number of amides is 1. The Kier molecular flexibility index (Phi) is 6.05. The van der Waals surface area contributed by atoms with Crippen molar-refractivity contribution in [2.24, 2.45) is 0 Å². The molecule has 2 rings (SSSR count). The molecule has 1 heterocycles. The summed E-state index contributed by atoms with van der Waals surface area (Å²) in [5.41, 5.74) is 1.22. The van der Waals surface area contributed by atoms with Gasteiger partial charge in [0.05, 0.1) is 17.1 Å². The average Bonchev–Trinajstić information content (AvgIpc) is 2.93. The van der Waals surface area contributed by atoms with Crippen molar-refractivity contribution in [1.29, 1.82) is 0 Å². The lowest BCUT2D eigenvalue weighted by atomic mass is 10.2. The number of ether oxygens (including phenoxy) is 1. The van der Waals surface area contributed by atoms with Crippen molar-refractivity contribution in [3.8, 4) is 0 Å². The maximum atomic E-state index is 12.3. The van der Waals surface area contributed by atoms with E-state index in [0.29, 0.717) is 18.5 Å². The molecule has 25 heavy (non-hydrogen) atoms. The van der Waals surface area contributed by atoms with Gasteiger partial charge in [0.15, 0.2) is 16.4 Å². The quantitative estimate of drug-likeness (QED) is 0.695. The summed E-state index contributed by atoms with van der Waals surface area (Å²) in [6, 6.07) is 6.59. The number of likely N-dealkylation sites (N-methyl/N-ethyl adjacent to an activating group) is 1. The highest BCUT2D eigenvalue weighted by atomic mass is 32.2. The van der Waals surface area contributed by atoms with Crippen LogP contribution < -0.4 is 4.90 Å². The van der Waals surface area contributed by atoms with Gasteiger partial charge in [-0.15, -0.1) is 0 Å². The monoisotopic (exact) mass is 368 g/mol. The molecule has 1 aliphatic rings. The van der Waals surface area contributed by atoms with Crippen LogP contribution in [0.25, 0.3) is 0 Å². The number of sulfone groups is 1. The number of hydrogen-bond acceptors (Lipinski definition) is 6. The van der Waals surface area contributed by atoms with E-state index in [1.807, 2.05) is 25.1 Å². The maximum absolute atomic E-state index is 12.3. The van der Waals surface area contributed by atoms with Crippen molar-refractivity contribution in [1.82, 2.24) is 4.90 Å². The number of benzene rings is 1. The van der Waals surface area contributed by atoms with Crippen LogP contribution in [0, 0.1) is 0 Å². The summed E-state index contributed by atoms with van der Waals surface area (Å²) in [5, 5.41) is 0. The molecule has 0 bridgehead atoms. The molecule has 0 saturated carbocycles. The molecule has 1 atom stereocenters. The Morgan fingerprint density at radius 3 is 2.56 bits per heavy atom. The molecule has 1 aliphatic heterocycles. The first-order valence-electron chi connectivity index (χ1n) is 8.18. The average molecular weight is 368 g/mol. The molecule has 1 saturated heterocycles. The fourth-order valence-corrected chi connectivity index (χ4v) is 4.59. The topological polar surface area (TPSA) is 84.0 Å². The maximum Gasteiger partial charge on any atom is 0.338 e. The SMILES string of the molecule is CCN(C(=O)COC(=O)c1cccc(N(C)C)c1)[C@H]1CCS(=O)(=O)C1. The zero-order chi connectivity index (χ0) is 18.6. The highest BCUT2D eigenvalue weighted by molar-refractivity contribution is 7.91. The normalized spacial score (nSPS) is 18.6. The number of carbonyl (C=O) groups excluding carboxylic acids is 2. The first-order valence-corrected chi connectivity index (χ1v) is 10.00. The minimum Gasteiger partial charge on any atom is -0.452 e. The van der Waals surface area contributed by atoms with Gasteiger partial charge in [-0.3, -0.25) is 4.79 Å². The van der Waals surface area contributed by atoms with Gasteiger partial charge in [-0.2, -0.15) is 0 Å². The molecular weight excluding hydrogens is 344 g/mol. The number of anilines is 1. The van der Waals surface area contributed by atoms with Crippen LogP contribution in [0.15, 0.2) is 24.3 Å². The predicted octanol–water partition coefficient (Wildman–Crippen LogP) is 0.945. The third-order valence-corrected chi connectivity index (χ3v) is 5.99. The molecule has 1 aromatic carbocycles. The Balaban J connectivity index is 1.96. The third-order valence-electron chi connectivity index (χ3n) is 4.24. The number of rotatable bonds is 6. The molecule has 7 nitrogen and oxygen atoms in total. The van der Waals surface area contributed by atoms with E-state index in [1.165, 1.54) is 4.90 Å². The molecule has 0 aliphatic carbocycles. The Bertz CT molecular complexity index is 745. The molecule has 0 aromatic heterocycles. The zero-order valence-corrected chi connectivity index (χ0v) is 15.6. The van der Waals surface area contributed by atoms with Crippen molar-refractivity contribution in [3.05, 3.63) is 29.8 Å². The molecule has 1 aromatic rings. The number of esters is 1. The van der Waals surface area contributed by atoms with Gasteiger partial charge in [0.2, 0.25) is 0 Å². The first-order chi connectivity index (χ1) is 11.7. The van der Waals surface area contributed by atoms with Crippen molar-refractivity contribution in [3.63, 3.8) is 0 Å². The Morgan fingerprint density at radius 1 is 1.28 bits per heavy atom. The summed E-state index contributed by atoms with van der Waals surface area (Å²) in [5.74, 6) is -0.877. The van der Waals surface area contributed by atoms with E-state index in [4.69, 9.17) is 4.74 Å². The zero-order valence-electron chi connectivity index (χ0n) is 14.8. The van der Waals surface area contributed by atoms with Crippen LogP contribution in [0.4, 0.5) is 5.69 Å². The molecular formula is C17H24N2O5S. The molecule has 8 heteroatoms. The summed E-state index contributed by atoms with van der Waals surface area (Å²) < 4.78 is 28.3. The molecule has 1 amide bonds. The summed E-state index contributed by atoms with van der Waals surface area (Å²) in [7, 11) is 0.650. The van der Waals surface area contributed by atoms with Crippen LogP contribution in [-0.4, -0.2) is 70.0 Å². The van der Waals surface area contributed by atoms with Crippen molar-refractivity contribution in [2.45, 2.75) is 19.4 Å². The second-order valence-corrected chi connectivity index (χ2v) is 8.49. The second-order valence-electron chi connectivity index (χ2n) is 6.26. The van der Waals surface area contributed by atoms with Gasteiger partial charge < -0.3 is 14.5 Å². The first kappa shape index (κ1) is 19.2. The van der Waals surface area contributed by atoms with Gasteiger partial charge in [-0.1, -0.05) is 6.07 Å². The summed E-state index contributed by atoms with van der Waals surface area (Å²) >= 11 is 0. The van der Waals surface area contributed by atoms with Gasteiger partial charge in [0.1, 0.15) is 0 Å². The molecule has 0 unspecified atom stereocenters. The third kappa shape index (κ3) is 4.94. The van der Waals surface area contributed by atoms with Gasteiger partial charge in [0, 0.05) is 32.4 Å². The lowest BCUT2D eigenvalue weighted by Gasteiger charge is -2.26. The van der Waals surface area contributed by atoms with E-state index < -0.39 is 22.4 Å². The van der Waals surface area contributed by atoms with Crippen LogP contribution >= 0.6 is 0 Å². The number of hydrogen-bond donors (Lipinski definition) is 0. The Labute approximate surface area is 148 Å². The van der Waals surface area contributed by atoms with Crippen molar-refractivity contribution < 1.29 is 22.7 Å². The minimum atomic E-state index is -3.08. The van der Waals surface area contributed by atoms with Gasteiger partial charge in [-0.25, -0.2) is 13.2 Å². The van der Waals surface area contributed by atoms with Crippen molar-refractivity contribution >= 4 is 27.4 Å². The smallest absolute Gasteiger partial charge is 0.338 e. The summed E-state index contributed by atoms with van der Waals surface area (Å²) in [6.45, 7) is 1.77. The predicted molar refractivity (Wildman–Crippen MR) is 95.5 cm³/mol. The Hall–Kier alpha value is -2.09. The van der Waals surface area contributed by atoms with E-state index in [1.54, 1.807) is 25.1 Å². The van der Waals surface area contributed by atoms with Crippen LogP contribution in [0.2, 0.25) is 0 Å². The van der Waals surface area contributed by atoms with Crippen LogP contribution in [0.3, 0.4) is 0 Å². The van der Waals surface area contributed by atoms with Gasteiger partial charge >= 0.3 is 5.97 Å². The van der Waals surface area contributed by atoms with E-state index in [2.05, 4.69) is 0 Å². The van der Waals surface area contributed by atoms with Crippen LogP contribution in [0.5, 0.6) is 0 Å². The minimum absolute atomic E-state index is 0.0224. The van der Waals surface area contributed by atoms with E-state index >= 15 is 0 Å². The standard InChI is InChI=1S/C17H24N2O5S/c1-4-19(15-8-9-25(22,23)12-15)16(20)11-24-17(21)13-6-5-7-14(10-13)18(2)3/h5-7,10,15H,4,8-9,11-12H2,1-3H3/t15-/m0/s1. The van der Waals surface area contributed by atoms with Crippen LogP contribution in [-0.2, 0) is 19.4 Å². The van der Waals surface area contributed by atoms with Gasteiger partial charge in [0.25, 0.3) is 5.91 Å². The Morgan fingerprint density at radius 2 is 2.00 bits per heavy atom. The van der Waals surface area contributed by atoms with E-state index in [0.717, 1.165) is 5.69 Å². The van der Waals surface area contributed by atoms with Gasteiger partial charge in [-0.05, 0) is 31.5 Å². The fraction of sp³-hybridized carbons (Fsp3) is 0.529. The molecule has 0 N–H and O–H groups in total. The lowest BCUT2D eigenvalue weighted by molar-refractivity contribution is -0.136. The van der Waals surface area contributed by atoms with E-state index in [9.17, 15) is 18.0 Å². The number of carbonyl (C=O) groups is 2. The highest BCUT2D eigenvalue weighted by Crippen LogP contribution is 2.18. The largest absolute Gasteiger partial charge is 0.452 e. The molecule has 138 valence electrons. The van der Waals surface area contributed by atoms with Crippen LogP contribution in [0.1, 0.15) is 23.7 Å². The highest BCUT2D eigenvalue weighted by Gasteiger charge is 2.34. The second kappa shape index (κ2) is 7.86. The molecule has 0 radical (unpaired) electrons. The fourth-order valence-electron chi connectivity index (χ4n) is 2.86. The number of nitrogens with zero attached hydrogens (tertiary/aromatic N) is 2. The summed E-state index contributed by atoms with van der Waals surface area (Å²) in [4.78, 5) is 27.8. The van der Waals surface area contributed by atoms with Crippen molar-refractivity contribution in [2.75, 3.05) is 43.7 Å². The van der Waals surface area contributed by atoms with E-state index in [-0.39, 0.29) is 23.5 Å². The molecule has 0 spiro atoms.